The molecule has 2 N–H and O–H groups in total. The minimum Gasteiger partial charge on any atom is -0.354 e. The molecule has 94 valence electrons. The third kappa shape index (κ3) is 4.19. The van der Waals surface area contributed by atoms with Gasteiger partial charge in [0.05, 0.1) is 5.92 Å². The van der Waals surface area contributed by atoms with Crippen LogP contribution in [0, 0.1) is 0 Å². The average Bonchev–Trinajstić information content (AvgIpc) is 2.38. The zero-order valence-corrected chi connectivity index (χ0v) is 10.9. The Balaban J connectivity index is 2.59. The lowest BCUT2D eigenvalue weighted by Crippen LogP contribution is -2.39. The van der Waals surface area contributed by atoms with Gasteiger partial charge in [-0.15, -0.1) is 0 Å². The molecule has 0 spiro atoms. The maximum atomic E-state index is 12.1. The molecule has 0 bridgehead atoms. The van der Waals surface area contributed by atoms with Gasteiger partial charge in [0, 0.05) is 12.6 Å². The largest absolute Gasteiger partial charge is 0.354 e. The Bertz CT molecular complexity index is 337. The van der Waals surface area contributed by atoms with Crippen molar-refractivity contribution in [2.45, 2.75) is 32.2 Å². The molecule has 0 aliphatic rings. The molecule has 2 atom stereocenters. The van der Waals surface area contributed by atoms with Crippen LogP contribution < -0.4 is 10.6 Å². The SMILES string of the molecule is CCC(C(=O)NCC(C)NC)c1ccccc1. The van der Waals surface area contributed by atoms with Gasteiger partial charge in [-0.3, -0.25) is 4.79 Å². The number of hydrogen-bond donors (Lipinski definition) is 2. The fourth-order valence-corrected chi connectivity index (χ4v) is 1.74. The topological polar surface area (TPSA) is 41.1 Å². The Morgan fingerprint density at radius 3 is 2.47 bits per heavy atom. The van der Waals surface area contributed by atoms with E-state index in [4.69, 9.17) is 0 Å². The maximum Gasteiger partial charge on any atom is 0.227 e. The Hall–Kier alpha value is -1.35. The van der Waals surface area contributed by atoms with E-state index in [-0.39, 0.29) is 11.8 Å². The summed E-state index contributed by atoms with van der Waals surface area (Å²) in [7, 11) is 1.89. The van der Waals surface area contributed by atoms with Crippen molar-refractivity contribution in [3.05, 3.63) is 35.9 Å². The molecule has 0 saturated carbocycles. The highest BCUT2D eigenvalue weighted by Crippen LogP contribution is 2.18. The number of nitrogens with one attached hydrogen (secondary N) is 2. The zero-order chi connectivity index (χ0) is 12.7. The molecule has 1 rings (SSSR count). The van der Waals surface area contributed by atoms with E-state index >= 15 is 0 Å². The fraction of sp³-hybridized carbons (Fsp3) is 0.500. The molecule has 3 heteroatoms. The first-order chi connectivity index (χ1) is 8.19. The third-order valence-corrected chi connectivity index (χ3v) is 3.00. The van der Waals surface area contributed by atoms with Crippen molar-refractivity contribution in [1.82, 2.24) is 10.6 Å². The van der Waals surface area contributed by atoms with Crippen molar-refractivity contribution >= 4 is 5.91 Å². The molecular weight excluding hydrogens is 212 g/mol. The van der Waals surface area contributed by atoms with Crippen molar-refractivity contribution in [2.24, 2.45) is 0 Å². The van der Waals surface area contributed by atoms with E-state index < -0.39 is 0 Å². The van der Waals surface area contributed by atoms with Gasteiger partial charge >= 0.3 is 0 Å². The van der Waals surface area contributed by atoms with Crippen molar-refractivity contribution in [3.8, 4) is 0 Å². The van der Waals surface area contributed by atoms with E-state index in [2.05, 4.69) is 10.6 Å². The normalized spacial score (nSPS) is 14.1. The summed E-state index contributed by atoms with van der Waals surface area (Å²) in [6.07, 6.45) is 0.823. The average molecular weight is 234 g/mol. The van der Waals surface area contributed by atoms with Gasteiger partial charge in [0.2, 0.25) is 5.91 Å². The second-order valence-electron chi connectivity index (χ2n) is 4.31. The van der Waals surface area contributed by atoms with Gasteiger partial charge in [-0.1, -0.05) is 37.3 Å². The summed E-state index contributed by atoms with van der Waals surface area (Å²) in [5, 5.41) is 6.08. The summed E-state index contributed by atoms with van der Waals surface area (Å²) < 4.78 is 0. The van der Waals surface area contributed by atoms with E-state index in [0.717, 1.165) is 12.0 Å². The van der Waals surface area contributed by atoms with Crippen molar-refractivity contribution in [2.75, 3.05) is 13.6 Å². The van der Waals surface area contributed by atoms with Gasteiger partial charge in [0.25, 0.3) is 0 Å². The molecule has 17 heavy (non-hydrogen) atoms. The highest BCUT2D eigenvalue weighted by Gasteiger charge is 2.18. The molecular formula is C14H22N2O. The van der Waals surface area contributed by atoms with Crippen LogP contribution in [0.4, 0.5) is 0 Å². The van der Waals surface area contributed by atoms with Crippen molar-refractivity contribution in [1.29, 1.82) is 0 Å². The van der Waals surface area contributed by atoms with E-state index in [1.165, 1.54) is 0 Å². The number of hydrogen-bond acceptors (Lipinski definition) is 2. The monoisotopic (exact) mass is 234 g/mol. The molecule has 1 aromatic rings. The maximum absolute atomic E-state index is 12.1. The zero-order valence-electron chi connectivity index (χ0n) is 10.9. The first kappa shape index (κ1) is 13.7. The van der Waals surface area contributed by atoms with Crippen molar-refractivity contribution < 1.29 is 4.79 Å². The van der Waals surface area contributed by atoms with E-state index in [1.807, 2.05) is 51.2 Å². The van der Waals surface area contributed by atoms with Crippen LogP contribution in [0.1, 0.15) is 31.7 Å². The predicted molar refractivity (Wildman–Crippen MR) is 71.0 cm³/mol. The Labute approximate surface area is 104 Å². The minimum absolute atomic E-state index is 0.0414. The Kier molecular flexibility index (Phi) is 5.70. The number of rotatable bonds is 6. The number of carbonyl (C=O) groups excluding carboxylic acids is 1. The van der Waals surface area contributed by atoms with Gasteiger partial charge in [-0.2, -0.15) is 0 Å². The van der Waals surface area contributed by atoms with Crippen LogP contribution in [0.25, 0.3) is 0 Å². The molecule has 2 unspecified atom stereocenters. The molecule has 0 aliphatic carbocycles. The van der Waals surface area contributed by atoms with Crippen LogP contribution in [0.3, 0.4) is 0 Å². The summed E-state index contributed by atoms with van der Waals surface area (Å²) >= 11 is 0. The van der Waals surface area contributed by atoms with Crippen LogP contribution in [-0.2, 0) is 4.79 Å². The molecule has 0 saturated heterocycles. The van der Waals surface area contributed by atoms with E-state index in [9.17, 15) is 4.79 Å². The number of likely N-dealkylation sites (N-methyl/N-ethyl adjacent to an activating group) is 1. The lowest BCUT2D eigenvalue weighted by Gasteiger charge is -2.17. The molecule has 0 radical (unpaired) electrons. The highest BCUT2D eigenvalue weighted by atomic mass is 16.1. The van der Waals surface area contributed by atoms with Crippen molar-refractivity contribution in [3.63, 3.8) is 0 Å². The van der Waals surface area contributed by atoms with Gasteiger partial charge in [-0.05, 0) is 26.0 Å². The van der Waals surface area contributed by atoms with E-state index in [1.54, 1.807) is 0 Å². The summed E-state index contributed by atoms with van der Waals surface area (Å²) in [5.74, 6) is 0.0704. The standard InChI is InChI=1S/C14H22N2O/c1-4-13(12-8-6-5-7-9-12)14(17)16-10-11(2)15-3/h5-9,11,13,15H,4,10H2,1-3H3,(H,16,17). The first-order valence-electron chi connectivity index (χ1n) is 6.19. The summed E-state index contributed by atoms with van der Waals surface area (Å²) in [6, 6.07) is 10.2. The second-order valence-corrected chi connectivity index (χ2v) is 4.31. The van der Waals surface area contributed by atoms with Crippen LogP contribution in [-0.4, -0.2) is 25.5 Å². The van der Waals surface area contributed by atoms with Gasteiger partial charge < -0.3 is 10.6 Å². The van der Waals surface area contributed by atoms with Gasteiger partial charge in [-0.25, -0.2) is 0 Å². The number of benzene rings is 1. The van der Waals surface area contributed by atoms with Crippen LogP contribution in [0.15, 0.2) is 30.3 Å². The first-order valence-corrected chi connectivity index (χ1v) is 6.19. The predicted octanol–water partition coefficient (Wildman–Crippen LogP) is 1.90. The molecule has 1 aromatic carbocycles. The summed E-state index contributed by atoms with van der Waals surface area (Å²) in [5.41, 5.74) is 1.09. The molecule has 3 nitrogen and oxygen atoms in total. The second kappa shape index (κ2) is 7.07. The quantitative estimate of drug-likeness (QED) is 0.789. The van der Waals surface area contributed by atoms with E-state index in [0.29, 0.717) is 12.6 Å². The molecule has 0 aliphatic heterocycles. The van der Waals surface area contributed by atoms with Crippen LogP contribution in [0.2, 0.25) is 0 Å². The lowest BCUT2D eigenvalue weighted by atomic mass is 9.95. The lowest BCUT2D eigenvalue weighted by molar-refractivity contribution is -0.122. The number of amides is 1. The van der Waals surface area contributed by atoms with Gasteiger partial charge in [0.15, 0.2) is 0 Å². The summed E-state index contributed by atoms with van der Waals surface area (Å²) in [6.45, 7) is 4.75. The summed E-state index contributed by atoms with van der Waals surface area (Å²) in [4.78, 5) is 12.1. The third-order valence-electron chi connectivity index (χ3n) is 3.00. The minimum atomic E-state index is -0.0414. The Morgan fingerprint density at radius 1 is 1.29 bits per heavy atom. The fourth-order valence-electron chi connectivity index (χ4n) is 1.74. The van der Waals surface area contributed by atoms with Gasteiger partial charge in [0.1, 0.15) is 0 Å². The Morgan fingerprint density at radius 2 is 1.94 bits per heavy atom. The molecule has 0 fully saturated rings. The molecule has 0 heterocycles. The van der Waals surface area contributed by atoms with Crippen LogP contribution in [0.5, 0.6) is 0 Å². The number of carbonyl (C=O) groups is 1. The molecule has 0 aromatic heterocycles. The van der Waals surface area contributed by atoms with Crippen LogP contribution >= 0.6 is 0 Å². The highest BCUT2D eigenvalue weighted by molar-refractivity contribution is 5.83. The smallest absolute Gasteiger partial charge is 0.227 e. The molecule has 1 amide bonds.